The van der Waals surface area contributed by atoms with Gasteiger partial charge in [0.2, 0.25) is 5.91 Å². The number of carboxylic acids is 1. The van der Waals surface area contributed by atoms with E-state index < -0.39 is 17.9 Å². The molecule has 126 valence electrons. The molecule has 2 N–H and O–H groups in total. The normalized spacial score (nSPS) is 16.3. The van der Waals surface area contributed by atoms with Crippen molar-refractivity contribution in [3.8, 4) is 0 Å². The highest BCUT2D eigenvalue weighted by atomic mass is 16.4. The number of carbonyl (C=O) groups excluding carboxylic acids is 1. The molecule has 0 saturated carbocycles. The summed E-state index contributed by atoms with van der Waals surface area (Å²) in [4.78, 5) is 35.4. The van der Waals surface area contributed by atoms with Gasteiger partial charge in [0.05, 0.1) is 5.69 Å². The Labute approximate surface area is 134 Å². The molecule has 0 spiro atoms. The quantitative estimate of drug-likeness (QED) is 0.804. The molecule has 1 aliphatic carbocycles. The molecule has 0 aliphatic heterocycles. The minimum Gasteiger partial charge on any atom is -0.480 e. The third-order valence-corrected chi connectivity index (χ3v) is 4.36. The molecule has 2 unspecified atom stereocenters. The van der Waals surface area contributed by atoms with Crippen molar-refractivity contribution in [1.29, 1.82) is 0 Å². The fourth-order valence-corrected chi connectivity index (χ4v) is 2.75. The van der Waals surface area contributed by atoms with Crippen LogP contribution in [0.1, 0.15) is 44.4 Å². The number of hydrogen-bond acceptors (Lipinski definition) is 4. The number of nitrogens with zero attached hydrogens (tertiary/aromatic N) is 2. The number of hydrogen-bond donors (Lipinski definition) is 2. The van der Waals surface area contributed by atoms with Crippen molar-refractivity contribution in [2.75, 3.05) is 0 Å². The molecule has 1 heterocycles. The van der Waals surface area contributed by atoms with E-state index in [1.165, 1.54) is 6.07 Å². The largest absolute Gasteiger partial charge is 0.480 e. The summed E-state index contributed by atoms with van der Waals surface area (Å²) in [6.45, 7) is 3.37. The average Bonchev–Trinajstić information content (AvgIpc) is 2.52. The second kappa shape index (κ2) is 7.39. The second-order valence-corrected chi connectivity index (χ2v) is 6.09. The van der Waals surface area contributed by atoms with E-state index >= 15 is 0 Å². The lowest BCUT2D eigenvalue weighted by Crippen LogP contribution is -2.47. The van der Waals surface area contributed by atoms with Crippen molar-refractivity contribution in [2.24, 2.45) is 5.92 Å². The smallest absolute Gasteiger partial charge is 0.326 e. The number of fused-ring (bicyclic) bond motifs is 1. The van der Waals surface area contributed by atoms with E-state index in [-0.39, 0.29) is 18.0 Å². The lowest BCUT2D eigenvalue weighted by molar-refractivity contribution is -0.143. The Hall–Kier alpha value is -2.18. The zero-order chi connectivity index (χ0) is 17.0. The van der Waals surface area contributed by atoms with Crippen molar-refractivity contribution >= 4 is 11.9 Å². The molecule has 0 saturated heterocycles. The van der Waals surface area contributed by atoms with Crippen molar-refractivity contribution in [1.82, 2.24) is 15.1 Å². The standard InChI is InChI=1S/C16H23N3O4/c1-3-10(2)15(16(22)23)17-13(20)9-19-14(21)8-11-6-4-5-7-12(11)18-19/h8,10,15H,3-7,9H2,1-2H3,(H,17,20)(H,22,23). The highest BCUT2D eigenvalue weighted by Crippen LogP contribution is 2.16. The number of aliphatic carboxylic acids is 1. The first kappa shape index (κ1) is 17.2. The highest BCUT2D eigenvalue weighted by molar-refractivity contribution is 5.83. The third kappa shape index (κ3) is 4.18. The molecule has 1 aliphatic rings. The molecule has 0 bridgehead atoms. The van der Waals surface area contributed by atoms with Gasteiger partial charge in [-0.3, -0.25) is 9.59 Å². The van der Waals surface area contributed by atoms with Crippen LogP contribution in [-0.2, 0) is 29.0 Å². The van der Waals surface area contributed by atoms with Crippen LogP contribution in [0.3, 0.4) is 0 Å². The lowest BCUT2D eigenvalue weighted by atomic mass is 9.97. The second-order valence-electron chi connectivity index (χ2n) is 6.09. The maximum absolute atomic E-state index is 12.1. The number of rotatable bonds is 6. The van der Waals surface area contributed by atoms with E-state index in [1.807, 2.05) is 6.92 Å². The molecule has 0 aromatic carbocycles. The molecule has 7 nitrogen and oxygen atoms in total. The van der Waals surface area contributed by atoms with Gasteiger partial charge in [-0.2, -0.15) is 5.10 Å². The van der Waals surface area contributed by atoms with Crippen LogP contribution in [0.25, 0.3) is 0 Å². The van der Waals surface area contributed by atoms with Gasteiger partial charge in [-0.25, -0.2) is 9.48 Å². The number of amides is 1. The molecule has 1 aromatic rings. The van der Waals surface area contributed by atoms with Crippen LogP contribution in [0.4, 0.5) is 0 Å². The Balaban J connectivity index is 2.11. The van der Waals surface area contributed by atoms with Gasteiger partial charge in [-0.05, 0) is 37.2 Å². The summed E-state index contributed by atoms with van der Waals surface area (Å²) in [5.41, 5.74) is 1.50. The summed E-state index contributed by atoms with van der Waals surface area (Å²) < 4.78 is 1.12. The van der Waals surface area contributed by atoms with E-state index in [1.54, 1.807) is 6.92 Å². The molecule has 2 rings (SSSR count). The summed E-state index contributed by atoms with van der Waals surface area (Å²) in [6.07, 6.45) is 4.36. The van der Waals surface area contributed by atoms with Gasteiger partial charge in [0.25, 0.3) is 5.56 Å². The third-order valence-electron chi connectivity index (χ3n) is 4.36. The van der Waals surface area contributed by atoms with Crippen molar-refractivity contribution in [3.05, 3.63) is 27.7 Å². The van der Waals surface area contributed by atoms with Gasteiger partial charge in [0.1, 0.15) is 12.6 Å². The number of carboxylic acid groups (broad SMARTS) is 1. The van der Waals surface area contributed by atoms with E-state index in [0.29, 0.717) is 6.42 Å². The SMILES string of the molecule is CCC(C)C(NC(=O)Cn1nc2c(cc1=O)CCCC2)C(=O)O. The fourth-order valence-electron chi connectivity index (χ4n) is 2.75. The Morgan fingerprint density at radius 1 is 1.39 bits per heavy atom. The Bertz CT molecular complexity index is 653. The van der Waals surface area contributed by atoms with Crippen molar-refractivity contribution in [2.45, 2.75) is 58.5 Å². The number of aryl methyl sites for hydroxylation is 2. The first-order valence-electron chi connectivity index (χ1n) is 8.04. The summed E-state index contributed by atoms with van der Waals surface area (Å²) in [5, 5.41) is 16.0. The van der Waals surface area contributed by atoms with Crippen LogP contribution in [0.5, 0.6) is 0 Å². The van der Waals surface area contributed by atoms with Gasteiger partial charge in [0, 0.05) is 6.07 Å². The van der Waals surface area contributed by atoms with Crippen molar-refractivity contribution < 1.29 is 14.7 Å². The van der Waals surface area contributed by atoms with Crippen LogP contribution in [0.2, 0.25) is 0 Å². The van der Waals surface area contributed by atoms with Gasteiger partial charge in [0.15, 0.2) is 0 Å². The first-order valence-corrected chi connectivity index (χ1v) is 8.04. The molecule has 0 fully saturated rings. The molecule has 23 heavy (non-hydrogen) atoms. The monoisotopic (exact) mass is 321 g/mol. The highest BCUT2D eigenvalue weighted by Gasteiger charge is 2.25. The lowest BCUT2D eigenvalue weighted by Gasteiger charge is -2.20. The number of nitrogens with one attached hydrogen (secondary N) is 1. The van der Waals surface area contributed by atoms with E-state index in [9.17, 15) is 19.5 Å². The van der Waals surface area contributed by atoms with Crippen LogP contribution in [0, 0.1) is 5.92 Å². The minimum absolute atomic E-state index is 0.190. The Morgan fingerprint density at radius 3 is 2.74 bits per heavy atom. The van der Waals surface area contributed by atoms with Crippen molar-refractivity contribution in [3.63, 3.8) is 0 Å². The maximum atomic E-state index is 12.1. The fraction of sp³-hybridized carbons (Fsp3) is 0.625. The maximum Gasteiger partial charge on any atom is 0.326 e. The van der Waals surface area contributed by atoms with E-state index in [2.05, 4.69) is 10.4 Å². The van der Waals surface area contributed by atoms with Crippen LogP contribution < -0.4 is 10.9 Å². The number of aromatic nitrogens is 2. The predicted molar refractivity (Wildman–Crippen MR) is 84.2 cm³/mol. The summed E-state index contributed by atoms with van der Waals surface area (Å²) in [5.74, 6) is -1.77. The summed E-state index contributed by atoms with van der Waals surface area (Å²) in [6, 6.07) is 0.582. The van der Waals surface area contributed by atoms with E-state index in [0.717, 1.165) is 41.6 Å². The zero-order valence-corrected chi connectivity index (χ0v) is 13.5. The van der Waals surface area contributed by atoms with Crippen LogP contribution in [-0.4, -0.2) is 32.8 Å². The molecule has 1 amide bonds. The van der Waals surface area contributed by atoms with Crippen LogP contribution in [0.15, 0.2) is 10.9 Å². The van der Waals surface area contributed by atoms with Gasteiger partial charge in [-0.1, -0.05) is 20.3 Å². The predicted octanol–water partition coefficient (Wildman–Crippen LogP) is 0.738. The molecule has 2 atom stereocenters. The van der Waals surface area contributed by atoms with Gasteiger partial charge >= 0.3 is 5.97 Å². The van der Waals surface area contributed by atoms with Crippen LogP contribution >= 0.6 is 0 Å². The molecule has 0 radical (unpaired) electrons. The zero-order valence-electron chi connectivity index (χ0n) is 13.5. The summed E-state index contributed by atoms with van der Waals surface area (Å²) in [7, 11) is 0. The average molecular weight is 321 g/mol. The number of carbonyl (C=O) groups is 2. The first-order chi connectivity index (χ1) is 10.9. The Kier molecular flexibility index (Phi) is 5.52. The minimum atomic E-state index is -1.07. The molecular formula is C16H23N3O4. The Morgan fingerprint density at radius 2 is 2.09 bits per heavy atom. The van der Waals surface area contributed by atoms with E-state index in [4.69, 9.17) is 0 Å². The molecular weight excluding hydrogens is 298 g/mol. The van der Waals surface area contributed by atoms with Gasteiger partial charge in [-0.15, -0.1) is 0 Å². The molecule has 1 aromatic heterocycles. The van der Waals surface area contributed by atoms with Gasteiger partial charge < -0.3 is 10.4 Å². The topological polar surface area (TPSA) is 101 Å². The summed E-state index contributed by atoms with van der Waals surface area (Å²) >= 11 is 0. The molecule has 7 heteroatoms.